The molecule has 8 aromatic rings. The van der Waals surface area contributed by atoms with E-state index in [0.29, 0.717) is 0 Å². The van der Waals surface area contributed by atoms with E-state index in [9.17, 15) is 0 Å². The molecule has 1 aliphatic heterocycles. The predicted octanol–water partition coefficient (Wildman–Crippen LogP) is 9.85. The normalized spacial score (nSPS) is 13.2. The number of aromatic nitrogens is 2. The fraction of sp³-hybridized carbons (Fsp3) is 0.0476. The molecular weight excluding hydrogens is 577 g/mol. The van der Waals surface area contributed by atoms with Gasteiger partial charge in [-0.1, -0.05) is 140 Å². The molecule has 0 saturated carbocycles. The van der Waals surface area contributed by atoms with Gasteiger partial charge in [0.05, 0.1) is 11.4 Å². The molecule has 3 nitrogen and oxygen atoms in total. The lowest BCUT2D eigenvalue weighted by Crippen LogP contribution is -2.50. The van der Waals surface area contributed by atoms with E-state index in [1.54, 1.807) is 0 Å². The summed E-state index contributed by atoms with van der Waals surface area (Å²) in [5.74, 6) is 0.754. The summed E-state index contributed by atoms with van der Waals surface area (Å²) >= 11 is 0. The molecule has 0 fully saturated rings. The average Bonchev–Trinajstić information content (AvgIpc) is 3.61. The van der Waals surface area contributed by atoms with Crippen LogP contribution in [0.4, 0.5) is 0 Å². The molecule has 0 radical (unpaired) electrons. The number of nitrogens with zero attached hydrogens (tertiary/aromatic N) is 2. The molecule has 0 amide bonds. The van der Waals surface area contributed by atoms with Gasteiger partial charge in [0.25, 0.3) is 0 Å². The summed E-state index contributed by atoms with van der Waals surface area (Å²) in [6.45, 7) is 4.85. The fourth-order valence-corrected chi connectivity index (χ4v) is 10.5. The van der Waals surface area contributed by atoms with E-state index in [1.165, 1.54) is 15.9 Å². The van der Waals surface area contributed by atoms with Gasteiger partial charge < -0.3 is 4.42 Å². The molecule has 9 rings (SSSR count). The molecule has 1 aliphatic rings. The number of hydrogen-bond donors (Lipinski definition) is 0. The molecule has 3 heterocycles. The molecule has 0 aliphatic carbocycles. The summed E-state index contributed by atoms with van der Waals surface area (Å²) in [4.78, 5) is 10.6. The van der Waals surface area contributed by atoms with Gasteiger partial charge in [-0.05, 0) is 50.8 Å². The van der Waals surface area contributed by atoms with Crippen molar-refractivity contribution in [3.05, 3.63) is 146 Å². The highest BCUT2D eigenvalue weighted by molar-refractivity contribution is 7.04. The Morgan fingerprint density at radius 1 is 0.478 bits per heavy atom. The maximum atomic E-state index is 6.37. The van der Waals surface area contributed by atoms with Gasteiger partial charge in [-0.3, -0.25) is 0 Å². The van der Waals surface area contributed by atoms with Crippen LogP contribution in [0, 0.1) is 0 Å². The van der Waals surface area contributed by atoms with E-state index in [-0.39, 0.29) is 0 Å². The van der Waals surface area contributed by atoms with Crippen LogP contribution in [0.15, 0.2) is 150 Å². The Morgan fingerprint density at radius 2 is 1.07 bits per heavy atom. The number of rotatable bonds is 4. The van der Waals surface area contributed by atoms with Gasteiger partial charge in [0.1, 0.15) is 19.2 Å². The first-order valence-corrected chi connectivity index (χ1v) is 18.8. The average molecular weight is 607 g/mol. The molecule has 2 aromatic heterocycles. The maximum absolute atomic E-state index is 6.37. The van der Waals surface area contributed by atoms with Crippen LogP contribution in [0.25, 0.3) is 78.1 Å². The van der Waals surface area contributed by atoms with Crippen LogP contribution in [0.2, 0.25) is 13.1 Å². The van der Waals surface area contributed by atoms with Crippen molar-refractivity contribution in [3.8, 4) is 56.2 Å². The Morgan fingerprint density at radius 3 is 1.91 bits per heavy atom. The summed E-state index contributed by atoms with van der Waals surface area (Å²) in [5, 5.41) is 5.03. The van der Waals surface area contributed by atoms with E-state index >= 15 is 0 Å². The summed E-state index contributed by atoms with van der Waals surface area (Å²) in [6.07, 6.45) is 0. The van der Waals surface area contributed by atoms with Crippen LogP contribution in [-0.2, 0) is 0 Å². The molecule has 6 aromatic carbocycles. The number of furan rings is 1. The molecule has 0 spiro atoms. The lowest BCUT2D eigenvalue weighted by atomic mass is 9.96. The van der Waals surface area contributed by atoms with Gasteiger partial charge in [0.15, 0.2) is 5.82 Å². The Bertz CT molecular complexity index is 2460. The van der Waals surface area contributed by atoms with E-state index in [0.717, 1.165) is 72.5 Å². The van der Waals surface area contributed by atoms with Crippen LogP contribution in [0.3, 0.4) is 0 Å². The SMILES string of the molecule is C[Si]1(C)c2ccccc2-c2nc(-c3cccc(-c4cccc(-c5cccc6c5oc5ccccc56)c4)c3)nc(-c3ccccc3)c21. The molecule has 0 bridgehead atoms. The summed E-state index contributed by atoms with van der Waals surface area (Å²) in [7, 11) is -2.00. The number of hydrogen-bond acceptors (Lipinski definition) is 3. The molecular formula is C42H30N2OSi. The third-order valence-electron chi connectivity index (χ3n) is 9.47. The monoisotopic (exact) mass is 606 g/mol. The van der Waals surface area contributed by atoms with Crippen molar-refractivity contribution in [2.45, 2.75) is 13.1 Å². The summed E-state index contributed by atoms with van der Waals surface area (Å²) < 4.78 is 6.37. The summed E-state index contributed by atoms with van der Waals surface area (Å²) in [5.41, 5.74) is 11.8. The van der Waals surface area contributed by atoms with Crippen molar-refractivity contribution in [2.75, 3.05) is 0 Å². The fourth-order valence-electron chi connectivity index (χ4n) is 7.23. The zero-order valence-corrected chi connectivity index (χ0v) is 26.7. The van der Waals surface area contributed by atoms with Crippen LogP contribution in [0.5, 0.6) is 0 Å². The smallest absolute Gasteiger partial charge is 0.160 e. The van der Waals surface area contributed by atoms with Crippen molar-refractivity contribution in [1.29, 1.82) is 0 Å². The molecule has 0 saturated heterocycles. The van der Waals surface area contributed by atoms with Crippen molar-refractivity contribution < 1.29 is 4.42 Å². The van der Waals surface area contributed by atoms with E-state index in [2.05, 4.69) is 147 Å². The zero-order chi connectivity index (χ0) is 30.8. The van der Waals surface area contributed by atoms with E-state index in [4.69, 9.17) is 14.4 Å². The lowest BCUT2D eigenvalue weighted by Gasteiger charge is -2.21. The quantitative estimate of drug-likeness (QED) is 0.187. The minimum atomic E-state index is -2.00. The molecule has 0 unspecified atom stereocenters. The lowest BCUT2D eigenvalue weighted by molar-refractivity contribution is 0.670. The first-order chi connectivity index (χ1) is 22.6. The highest BCUT2D eigenvalue weighted by atomic mass is 28.3. The largest absolute Gasteiger partial charge is 0.455 e. The third kappa shape index (κ3) is 4.11. The van der Waals surface area contributed by atoms with Crippen LogP contribution >= 0.6 is 0 Å². The minimum absolute atomic E-state index is 0.754. The maximum Gasteiger partial charge on any atom is 0.160 e. The van der Waals surface area contributed by atoms with Crippen molar-refractivity contribution >= 4 is 40.4 Å². The molecule has 0 N–H and O–H groups in total. The van der Waals surface area contributed by atoms with Crippen LogP contribution in [-0.4, -0.2) is 18.0 Å². The second kappa shape index (κ2) is 10.2. The predicted molar refractivity (Wildman–Crippen MR) is 193 cm³/mol. The standard InChI is InChI=1S/C42H30N2OSi/c1-46(2)37-24-9-7-20-35(37)39-41(46)38(27-13-4-3-5-14-27)43-42(44-39)31-18-11-16-29(26-31)28-15-10-17-30(25-28)32-21-12-22-34-33-19-6-8-23-36(33)45-40(32)34/h3-26H,1-2H3. The second-order valence-corrected chi connectivity index (χ2v) is 16.9. The van der Waals surface area contributed by atoms with Gasteiger partial charge in [-0.15, -0.1) is 0 Å². The van der Waals surface area contributed by atoms with Crippen molar-refractivity contribution in [1.82, 2.24) is 9.97 Å². The number of fused-ring (bicyclic) bond motifs is 6. The van der Waals surface area contributed by atoms with Crippen LogP contribution in [0.1, 0.15) is 0 Å². The van der Waals surface area contributed by atoms with E-state index < -0.39 is 8.07 Å². The Labute approximate surface area is 268 Å². The third-order valence-corrected chi connectivity index (χ3v) is 13.0. The van der Waals surface area contributed by atoms with E-state index in [1.807, 2.05) is 12.1 Å². The summed E-state index contributed by atoms with van der Waals surface area (Å²) in [6, 6.07) is 51.4. The van der Waals surface area contributed by atoms with Gasteiger partial charge in [0, 0.05) is 27.5 Å². The molecule has 218 valence electrons. The Hall–Kier alpha value is -5.58. The van der Waals surface area contributed by atoms with Gasteiger partial charge >= 0.3 is 0 Å². The van der Waals surface area contributed by atoms with Crippen molar-refractivity contribution in [2.24, 2.45) is 0 Å². The van der Waals surface area contributed by atoms with Gasteiger partial charge in [0.2, 0.25) is 0 Å². The Kier molecular flexibility index (Phi) is 5.96. The number of benzene rings is 6. The van der Waals surface area contributed by atoms with Gasteiger partial charge in [-0.2, -0.15) is 0 Å². The van der Waals surface area contributed by atoms with Crippen LogP contribution < -0.4 is 10.4 Å². The first-order valence-electron chi connectivity index (χ1n) is 15.8. The zero-order valence-electron chi connectivity index (χ0n) is 25.7. The molecule has 46 heavy (non-hydrogen) atoms. The topological polar surface area (TPSA) is 38.9 Å². The second-order valence-electron chi connectivity index (χ2n) is 12.6. The molecule has 4 heteroatoms. The number of para-hydroxylation sites is 2. The van der Waals surface area contributed by atoms with Gasteiger partial charge in [-0.25, -0.2) is 9.97 Å². The van der Waals surface area contributed by atoms with Crippen molar-refractivity contribution in [3.63, 3.8) is 0 Å². The highest BCUT2D eigenvalue weighted by Crippen LogP contribution is 2.38. The molecule has 0 atom stereocenters. The Balaban J connectivity index is 1.18. The minimum Gasteiger partial charge on any atom is -0.455 e. The highest BCUT2D eigenvalue weighted by Gasteiger charge is 2.41. The first kappa shape index (κ1) is 26.8.